The average Bonchev–Trinajstić information content (AvgIpc) is 2.94. The Bertz CT molecular complexity index is 1480. The molecule has 0 bridgehead atoms. The second kappa shape index (κ2) is 10.2. The lowest BCUT2D eigenvalue weighted by Gasteiger charge is -2.32. The number of methoxy groups -OCH3 is 1. The van der Waals surface area contributed by atoms with Crippen LogP contribution in [0.3, 0.4) is 0 Å². The van der Waals surface area contributed by atoms with Crippen LogP contribution in [0, 0.1) is 0 Å². The minimum atomic E-state index is -2.29. The van der Waals surface area contributed by atoms with Gasteiger partial charge in [-0.3, -0.25) is 4.79 Å². The Morgan fingerprint density at radius 2 is 1.16 bits per heavy atom. The van der Waals surface area contributed by atoms with Crippen LogP contribution in [-0.4, -0.2) is 21.2 Å². The molecule has 0 fully saturated rings. The topological polar surface area (TPSA) is 35.5 Å². The minimum absolute atomic E-state index is 0.187. The Morgan fingerprint density at radius 1 is 0.676 bits per heavy atom. The van der Waals surface area contributed by atoms with E-state index >= 15 is 0 Å². The van der Waals surface area contributed by atoms with Gasteiger partial charge in [-0.15, -0.1) is 0 Å². The van der Waals surface area contributed by atoms with Crippen LogP contribution in [0.2, 0.25) is 18.6 Å². The number of para-hydroxylation sites is 1. The quantitative estimate of drug-likeness (QED) is 0.169. The van der Waals surface area contributed by atoms with Crippen molar-refractivity contribution in [3.63, 3.8) is 0 Å². The van der Waals surface area contributed by atoms with E-state index in [0.29, 0.717) is 0 Å². The van der Waals surface area contributed by atoms with E-state index in [9.17, 15) is 4.79 Å². The number of rotatable bonds is 7. The minimum Gasteiger partial charge on any atom is -0.497 e. The fourth-order valence-corrected chi connectivity index (χ4v) is 7.65. The number of benzene rings is 5. The van der Waals surface area contributed by atoms with Crippen molar-refractivity contribution in [2.24, 2.45) is 0 Å². The summed E-state index contributed by atoms with van der Waals surface area (Å²) in [7, 11) is -0.603. The molecule has 0 aliphatic heterocycles. The lowest BCUT2D eigenvalue weighted by Crippen LogP contribution is -2.48. The molecule has 0 aliphatic carbocycles. The van der Waals surface area contributed by atoms with E-state index < -0.39 is 14.2 Å². The smallest absolute Gasteiger partial charge is 0.307 e. The van der Waals surface area contributed by atoms with Crippen molar-refractivity contribution in [2.75, 3.05) is 7.11 Å². The van der Waals surface area contributed by atoms with E-state index in [1.165, 1.54) is 0 Å². The largest absolute Gasteiger partial charge is 0.497 e. The van der Waals surface area contributed by atoms with Crippen LogP contribution >= 0.6 is 0 Å². The predicted molar refractivity (Wildman–Crippen MR) is 155 cm³/mol. The number of hydrogen-bond acceptors (Lipinski definition) is 3. The van der Waals surface area contributed by atoms with Crippen LogP contribution in [-0.2, 0) is 9.53 Å². The lowest BCUT2D eigenvalue weighted by atomic mass is 9.92. The maximum absolute atomic E-state index is 14.0. The molecule has 0 saturated carbocycles. The molecule has 37 heavy (non-hydrogen) atoms. The molecule has 5 aromatic rings. The summed E-state index contributed by atoms with van der Waals surface area (Å²) in [5.41, 5.74) is 1.70. The van der Waals surface area contributed by atoms with Crippen molar-refractivity contribution >= 4 is 40.8 Å². The third kappa shape index (κ3) is 4.65. The van der Waals surface area contributed by atoms with Gasteiger partial charge in [0.1, 0.15) is 13.8 Å². The second-order valence-electron chi connectivity index (χ2n) is 10.1. The molecule has 1 atom stereocenters. The average molecular weight is 505 g/mol. The number of carbonyl (C=O) groups excluding carboxylic acids is 1. The van der Waals surface area contributed by atoms with Crippen LogP contribution in [0.1, 0.15) is 24.2 Å². The lowest BCUT2D eigenvalue weighted by molar-refractivity contribution is -0.147. The standard InChI is InChI=1S/C33H32O3Si/c1-23(37(3,4)31-22-10-9-21-30(31)35-2)33(34)36-32(28-19-11-15-24-13-5-7-17-26(24)28)29-20-12-16-25-14-6-8-18-27(25)29/h5-23,32H,1-4H3/t23-/m1/s1. The molecule has 0 spiro atoms. The van der Waals surface area contributed by atoms with Crippen LogP contribution in [0.25, 0.3) is 21.5 Å². The summed E-state index contributed by atoms with van der Waals surface area (Å²) in [4.78, 5) is 14.0. The number of hydrogen-bond donors (Lipinski definition) is 0. The molecule has 0 aromatic heterocycles. The number of fused-ring (bicyclic) bond motifs is 2. The first-order valence-corrected chi connectivity index (χ1v) is 15.8. The van der Waals surface area contributed by atoms with E-state index in [1.54, 1.807) is 7.11 Å². The van der Waals surface area contributed by atoms with Crippen molar-refractivity contribution in [1.29, 1.82) is 0 Å². The van der Waals surface area contributed by atoms with Gasteiger partial charge in [0.15, 0.2) is 6.10 Å². The van der Waals surface area contributed by atoms with Crippen molar-refractivity contribution in [3.8, 4) is 5.75 Å². The third-order valence-electron chi connectivity index (χ3n) is 7.68. The molecule has 0 saturated heterocycles. The summed E-state index contributed by atoms with van der Waals surface area (Å²) in [5, 5.41) is 5.54. The van der Waals surface area contributed by atoms with Gasteiger partial charge < -0.3 is 9.47 Å². The number of carbonyl (C=O) groups is 1. The first-order chi connectivity index (χ1) is 17.9. The number of esters is 1. The number of ether oxygens (including phenoxy) is 2. The van der Waals surface area contributed by atoms with Gasteiger partial charge in [-0.2, -0.15) is 0 Å². The Hall–Kier alpha value is -3.89. The highest BCUT2D eigenvalue weighted by Gasteiger charge is 2.39. The van der Waals surface area contributed by atoms with Gasteiger partial charge in [-0.1, -0.05) is 123 Å². The summed E-state index contributed by atoms with van der Waals surface area (Å²) < 4.78 is 12.2. The van der Waals surface area contributed by atoms with Crippen LogP contribution in [0.4, 0.5) is 0 Å². The molecule has 5 aromatic carbocycles. The van der Waals surface area contributed by atoms with Gasteiger partial charge in [0.2, 0.25) is 0 Å². The highest BCUT2D eigenvalue weighted by molar-refractivity contribution is 6.93. The Kier molecular flexibility index (Phi) is 6.85. The van der Waals surface area contributed by atoms with Crippen molar-refractivity contribution in [2.45, 2.75) is 31.7 Å². The first kappa shape index (κ1) is 24.8. The van der Waals surface area contributed by atoms with Crippen LogP contribution in [0.15, 0.2) is 109 Å². The molecule has 3 nitrogen and oxygen atoms in total. The second-order valence-corrected chi connectivity index (χ2v) is 14.9. The monoisotopic (exact) mass is 504 g/mol. The molecule has 5 rings (SSSR count). The third-order valence-corrected chi connectivity index (χ3v) is 11.9. The van der Waals surface area contributed by atoms with Gasteiger partial charge in [-0.25, -0.2) is 0 Å². The Morgan fingerprint density at radius 3 is 1.73 bits per heavy atom. The SMILES string of the molecule is COc1ccccc1[Si](C)(C)[C@H](C)C(=O)OC(c1cccc2ccccc12)c1cccc2ccccc12. The van der Waals surface area contributed by atoms with E-state index in [0.717, 1.165) is 43.6 Å². The fraction of sp³-hybridized carbons (Fsp3) is 0.182. The van der Waals surface area contributed by atoms with Gasteiger partial charge in [0.05, 0.1) is 12.7 Å². The van der Waals surface area contributed by atoms with E-state index in [-0.39, 0.29) is 11.5 Å². The van der Waals surface area contributed by atoms with E-state index in [4.69, 9.17) is 9.47 Å². The molecular formula is C33H32O3Si. The van der Waals surface area contributed by atoms with Gasteiger partial charge >= 0.3 is 5.97 Å². The summed E-state index contributed by atoms with van der Waals surface area (Å²) in [6.07, 6.45) is -0.533. The molecule has 0 amide bonds. The maximum Gasteiger partial charge on any atom is 0.307 e. The first-order valence-electron chi connectivity index (χ1n) is 12.7. The maximum atomic E-state index is 14.0. The van der Waals surface area contributed by atoms with E-state index in [2.05, 4.69) is 67.7 Å². The van der Waals surface area contributed by atoms with Crippen LogP contribution in [0.5, 0.6) is 5.75 Å². The molecule has 0 radical (unpaired) electrons. The van der Waals surface area contributed by atoms with Crippen molar-refractivity contribution in [3.05, 3.63) is 120 Å². The zero-order valence-electron chi connectivity index (χ0n) is 21.8. The zero-order chi connectivity index (χ0) is 26.0. The molecule has 0 heterocycles. The Balaban J connectivity index is 1.61. The summed E-state index contributed by atoms with van der Waals surface area (Å²) >= 11 is 0. The van der Waals surface area contributed by atoms with Crippen molar-refractivity contribution in [1.82, 2.24) is 0 Å². The van der Waals surface area contributed by atoms with Gasteiger partial charge in [0, 0.05) is 11.1 Å². The molecular weight excluding hydrogens is 472 g/mol. The zero-order valence-corrected chi connectivity index (χ0v) is 22.8. The normalized spacial score (nSPS) is 12.6. The van der Waals surface area contributed by atoms with E-state index in [1.807, 2.05) is 61.5 Å². The Labute approximate surface area is 219 Å². The van der Waals surface area contributed by atoms with Crippen molar-refractivity contribution < 1.29 is 14.3 Å². The van der Waals surface area contributed by atoms with Crippen LogP contribution < -0.4 is 9.92 Å². The molecule has 0 N–H and O–H groups in total. The summed E-state index contributed by atoms with van der Waals surface area (Å²) in [5.74, 6) is 0.645. The molecule has 0 aliphatic rings. The fourth-order valence-electron chi connectivity index (χ4n) is 5.18. The predicted octanol–water partition coefficient (Wildman–Crippen LogP) is 7.64. The highest BCUT2D eigenvalue weighted by Crippen LogP contribution is 2.37. The van der Waals surface area contributed by atoms with Gasteiger partial charge in [-0.05, 0) is 32.8 Å². The highest BCUT2D eigenvalue weighted by atomic mass is 28.3. The summed E-state index contributed by atoms with van der Waals surface area (Å²) in [6.45, 7) is 6.42. The molecule has 4 heteroatoms. The molecule has 0 unspecified atom stereocenters. The molecule has 186 valence electrons. The van der Waals surface area contributed by atoms with Gasteiger partial charge in [0.25, 0.3) is 0 Å². The summed E-state index contributed by atoms with van der Waals surface area (Å²) in [6, 6.07) is 37.0.